The third kappa shape index (κ3) is 4.59. The zero-order valence-electron chi connectivity index (χ0n) is 18.9. The number of hydrogen-bond donors (Lipinski definition) is 0. The van der Waals surface area contributed by atoms with Crippen LogP contribution in [0.2, 0.25) is 0 Å². The Morgan fingerprint density at radius 2 is 1.70 bits per heavy atom. The molecule has 0 spiro atoms. The van der Waals surface area contributed by atoms with Gasteiger partial charge in [-0.15, -0.1) is 0 Å². The number of sulfonamides is 1. The highest BCUT2D eigenvalue weighted by Gasteiger charge is 2.44. The van der Waals surface area contributed by atoms with Crippen LogP contribution >= 0.6 is 0 Å². The molecule has 1 saturated heterocycles. The van der Waals surface area contributed by atoms with Gasteiger partial charge in [-0.25, -0.2) is 18.4 Å². The maximum Gasteiger partial charge on any atom is 0.260 e. The molecule has 2 aromatic heterocycles. The number of pyridine rings is 1. The van der Waals surface area contributed by atoms with Gasteiger partial charge in [0, 0.05) is 25.2 Å². The first-order valence-electron chi connectivity index (χ1n) is 11.9. The molecule has 1 saturated carbocycles. The van der Waals surface area contributed by atoms with Crippen molar-refractivity contribution in [1.29, 1.82) is 0 Å². The Labute approximate surface area is 195 Å². The number of benzene rings is 1. The van der Waals surface area contributed by atoms with Gasteiger partial charge in [0.05, 0.1) is 5.69 Å². The molecule has 2 aliphatic rings. The van der Waals surface area contributed by atoms with Crippen molar-refractivity contribution in [3.8, 4) is 11.3 Å². The topological polar surface area (TPSA) is 81.0 Å². The Hall–Kier alpha value is -2.58. The molecular formula is C25H31N5O2S. The highest BCUT2D eigenvalue weighted by atomic mass is 32.2. The van der Waals surface area contributed by atoms with Crippen LogP contribution in [0.25, 0.3) is 11.3 Å². The van der Waals surface area contributed by atoms with E-state index in [1.807, 2.05) is 41.1 Å². The second-order valence-electron chi connectivity index (χ2n) is 9.42. The van der Waals surface area contributed by atoms with E-state index in [0.717, 1.165) is 24.9 Å². The van der Waals surface area contributed by atoms with Crippen LogP contribution in [0.5, 0.6) is 0 Å². The lowest BCUT2D eigenvalue weighted by atomic mass is 9.64. The fraction of sp³-hybridized carbons (Fsp3) is 0.480. The number of nitrogens with zero attached hydrogens (tertiary/aromatic N) is 5. The lowest BCUT2D eigenvalue weighted by molar-refractivity contribution is 0.0321. The molecule has 2 fully saturated rings. The van der Waals surface area contributed by atoms with E-state index in [1.54, 1.807) is 29.1 Å². The van der Waals surface area contributed by atoms with Gasteiger partial charge in [-0.05, 0) is 49.1 Å². The van der Waals surface area contributed by atoms with E-state index in [4.69, 9.17) is 0 Å². The Kier molecular flexibility index (Phi) is 6.29. The quantitative estimate of drug-likeness (QED) is 0.539. The Morgan fingerprint density at radius 3 is 2.39 bits per heavy atom. The molecule has 0 unspecified atom stereocenters. The van der Waals surface area contributed by atoms with Crippen molar-refractivity contribution in [2.45, 2.75) is 56.5 Å². The summed E-state index contributed by atoms with van der Waals surface area (Å²) >= 11 is 0. The molecule has 7 nitrogen and oxygen atoms in total. The van der Waals surface area contributed by atoms with Gasteiger partial charge in [0.25, 0.3) is 10.0 Å². The molecule has 3 aromatic rings. The smallest absolute Gasteiger partial charge is 0.252 e. The molecule has 0 amide bonds. The fourth-order valence-corrected chi connectivity index (χ4v) is 7.07. The molecule has 174 valence electrons. The standard InChI is InChI=1S/C25H31N5O2S/c31-33(32,24-13-7-12-23(28-24)21-8-3-1-4-9-21)30-16-14-25(15-17-30,18-29-20-26-19-27-29)22-10-5-2-6-11-22/h1,3-4,7-9,12-13,19-20,22H,2,5-6,10-11,14-18H2. The predicted molar refractivity (Wildman–Crippen MR) is 127 cm³/mol. The largest absolute Gasteiger partial charge is 0.260 e. The molecule has 3 heterocycles. The molecule has 8 heteroatoms. The summed E-state index contributed by atoms with van der Waals surface area (Å²) in [4.78, 5) is 8.65. The highest BCUT2D eigenvalue weighted by molar-refractivity contribution is 7.89. The van der Waals surface area contributed by atoms with Gasteiger partial charge in [-0.3, -0.25) is 4.68 Å². The minimum absolute atomic E-state index is 0.0689. The van der Waals surface area contributed by atoms with Crippen molar-refractivity contribution >= 4 is 10.0 Å². The molecule has 1 aliphatic carbocycles. The summed E-state index contributed by atoms with van der Waals surface area (Å²) in [5, 5.41) is 4.50. The van der Waals surface area contributed by atoms with E-state index < -0.39 is 10.0 Å². The zero-order chi connectivity index (χ0) is 22.7. The second-order valence-corrected chi connectivity index (χ2v) is 11.3. The molecule has 0 radical (unpaired) electrons. The van der Waals surface area contributed by atoms with Crippen molar-refractivity contribution in [1.82, 2.24) is 24.1 Å². The maximum absolute atomic E-state index is 13.5. The fourth-order valence-electron chi connectivity index (χ4n) is 5.68. The van der Waals surface area contributed by atoms with E-state index in [1.165, 1.54) is 32.1 Å². The summed E-state index contributed by atoms with van der Waals surface area (Å²) in [6.45, 7) is 1.85. The van der Waals surface area contributed by atoms with Gasteiger partial charge in [-0.2, -0.15) is 9.40 Å². The Bertz CT molecular complexity index is 1150. The van der Waals surface area contributed by atoms with Crippen LogP contribution in [0.15, 0.2) is 66.2 Å². The van der Waals surface area contributed by atoms with Gasteiger partial charge in [-0.1, -0.05) is 55.7 Å². The van der Waals surface area contributed by atoms with Gasteiger partial charge < -0.3 is 0 Å². The van der Waals surface area contributed by atoms with Crippen LogP contribution < -0.4 is 0 Å². The molecule has 1 aliphatic heterocycles. The molecule has 33 heavy (non-hydrogen) atoms. The SMILES string of the molecule is O=S(=O)(c1cccc(-c2ccccc2)n1)N1CCC(Cn2cncn2)(C2CCCCC2)CC1. The van der Waals surface area contributed by atoms with Crippen molar-refractivity contribution in [2.24, 2.45) is 11.3 Å². The van der Waals surface area contributed by atoms with Gasteiger partial charge in [0.15, 0.2) is 5.03 Å². The third-order valence-electron chi connectivity index (χ3n) is 7.53. The molecule has 0 N–H and O–H groups in total. The monoisotopic (exact) mass is 465 g/mol. The van der Waals surface area contributed by atoms with Crippen LogP contribution in [-0.4, -0.2) is 45.6 Å². The third-order valence-corrected chi connectivity index (χ3v) is 9.33. The van der Waals surface area contributed by atoms with Gasteiger partial charge in [0.1, 0.15) is 12.7 Å². The number of hydrogen-bond acceptors (Lipinski definition) is 5. The van der Waals surface area contributed by atoms with Gasteiger partial charge in [0.2, 0.25) is 0 Å². The maximum atomic E-state index is 13.5. The first-order valence-corrected chi connectivity index (χ1v) is 13.4. The number of piperidine rings is 1. The zero-order valence-corrected chi connectivity index (χ0v) is 19.7. The summed E-state index contributed by atoms with van der Waals surface area (Å²) in [5.41, 5.74) is 1.66. The van der Waals surface area contributed by atoms with Crippen LogP contribution in [0.4, 0.5) is 0 Å². The molecule has 5 rings (SSSR count). The first-order chi connectivity index (χ1) is 16.1. The average molecular weight is 466 g/mol. The summed E-state index contributed by atoms with van der Waals surface area (Å²) in [7, 11) is -3.65. The van der Waals surface area contributed by atoms with Crippen LogP contribution in [0.1, 0.15) is 44.9 Å². The Morgan fingerprint density at radius 1 is 0.939 bits per heavy atom. The normalized spacial score (nSPS) is 20.0. The van der Waals surface area contributed by atoms with E-state index in [2.05, 4.69) is 15.1 Å². The summed E-state index contributed by atoms with van der Waals surface area (Å²) in [6, 6.07) is 15.0. The van der Waals surface area contributed by atoms with Crippen LogP contribution in [0.3, 0.4) is 0 Å². The summed E-state index contributed by atoms with van der Waals surface area (Å²) in [6.07, 6.45) is 11.3. The molecule has 0 atom stereocenters. The number of aromatic nitrogens is 4. The van der Waals surface area contributed by atoms with Gasteiger partial charge >= 0.3 is 0 Å². The summed E-state index contributed by atoms with van der Waals surface area (Å²) < 4.78 is 30.6. The van der Waals surface area contributed by atoms with E-state index in [0.29, 0.717) is 24.7 Å². The Balaban J connectivity index is 1.36. The second kappa shape index (κ2) is 9.35. The lowest BCUT2D eigenvalue weighted by Crippen LogP contribution is -2.48. The van der Waals surface area contributed by atoms with E-state index >= 15 is 0 Å². The van der Waals surface area contributed by atoms with Crippen molar-refractivity contribution in [3.05, 3.63) is 61.2 Å². The average Bonchev–Trinajstić information content (AvgIpc) is 3.38. The predicted octanol–water partition coefficient (Wildman–Crippen LogP) is 4.39. The minimum atomic E-state index is -3.65. The summed E-state index contributed by atoms with van der Waals surface area (Å²) in [5.74, 6) is 0.611. The van der Waals surface area contributed by atoms with Crippen molar-refractivity contribution < 1.29 is 8.42 Å². The molecule has 0 bridgehead atoms. The van der Waals surface area contributed by atoms with E-state index in [9.17, 15) is 8.42 Å². The minimum Gasteiger partial charge on any atom is -0.252 e. The van der Waals surface area contributed by atoms with Crippen LogP contribution in [-0.2, 0) is 16.6 Å². The molecular weight excluding hydrogens is 434 g/mol. The molecule has 1 aromatic carbocycles. The van der Waals surface area contributed by atoms with Crippen molar-refractivity contribution in [2.75, 3.05) is 13.1 Å². The first kappa shape index (κ1) is 22.2. The van der Waals surface area contributed by atoms with E-state index in [-0.39, 0.29) is 10.4 Å². The van der Waals surface area contributed by atoms with Crippen LogP contribution in [0, 0.1) is 11.3 Å². The lowest BCUT2D eigenvalue weighted by Gasteiger charge is -2.47. The van der Waals surface area contributed by atoms with Crippen molar-refractivity contribution in [3.63, 3.8) is 0 Å². The number of rotatable bonds is 6. The highest BCUT2D eigenvalue weighted by Crippen LogP contribution is 2.47.